The van der Waals surface area contributed by atoms with Crippen molar-refractivity contribution in [1.82, 2.24) is 0 Å². The SMILES string of the molecule is O=C(O)c1c(S)cc(N2C(=O)c3ccc4c5c(ccc(c35)C2=O)C(=O)N(c2cc(S)c(C(=O)O)c(S)c2)C4=O)cc1S. The number of carboxylic acid groups (broad SMARTS) is 2. The Bertz CT molecular complexity index is 1780. The number of hydrogen-bond donors (Lipinski definition) is 6. The highest BCUT2D eigenvalue weighted by atomic mass is 32.1. The molecule has 0 saturated heterocycles. The first-order chi connectivity index (χ1) is 19.8. The molecule has 0 aromatic heterocycles. The van der Waals surface area contributed by atoms with E-state index in [-0.39, 0.29) is 75.1 Å². The van der Waals surface area contributed by atoms with Gasteiger partial charge in [-0.15, -0.1) is 50.5 Å². The summed E-state index contributed by atoms with van der Waals surface area (Å²) in [5.74, 6) is -5.60. The van der Waals surface area contributed by atoms with Crippen molar-refractivity contribution in [3.8, 4) is 0 Å². The highest BCUT2D eigenvalue weighted by molar-refractivity contribution is 7.81. The van der Waals surface area contributed by atoms with Gasteiger partial charge >= 0.3 is 11.9 Å². The first-order valence-electron chi connectivity index (χ1n) is 11.8. The molecule has 2 heterocycles. The molecule has 208 valence electrons. The number of thiol groups is 4. The molecule has 0 atom stereocenters. The Hall–Kier alpha value is -4.24. The molecule has 0 radical (unpaired) electrons. The van der Waals surface area contributed by atoms with Crippen molar-refractivity contribution in [2.24, 2.45) is 0 Å². The molecule has 2 aliphatic rings. The van der Waals surface area contributed by atoms with Crippen LogP contribution in [0.3, 0.4) is 0 Å². The van der Waals surface area contributed by atoms with Crippen LogP contribution in [0.4, 0.5) is 11.4 Å². The van der Waals surface area contributed by atoms with Gasteiger partial charge in [-0.1, -0.05) is 0 Å². The average molecular weight is 635 g/mol. The van der Waals surface area contributed by atoms with Crippen LogP contribution in [0.2, 0.25) is 0 Å². The second-order valence-electron chi connectivity index (χ2n) is 9.29. The highest BCUT2D eigenvalue weighted by Gasteiger charge is 2.41. The Labute approximate surface area is 257 Å². The summed E-state index contributed by atoms with van der Waals surface area (Å²) >= 11 is 16.8. The molecule has 0 fully saturated rings. The number of aromatic carboxylic acids is 2. The molecular formula is C28H14N2O8S4. The van der Waals surface area contributed by atoms with E-state index in [0.29, 0.717) is 0 Å². The number of carbonyl (C=O) groups is 6. The molecule has 14 heteroatoms. The van der Waals surface area contributed by atoms with Gasteiger partial charge in [0.15, 0.2) is 0 Å². The fourth-order valence-corrected chi connectivity index (χ4v) is 6.80. The van der Waals surface area contributed by atoms with Crippen LogP contribution in [-0.2, 0) is 0 Å². The fraction of sp³-hybridized carbons (Fsp3) is 0. The lowest BCUT2D eigenvalue weighted by Gasteiger charge is -2.32. The van der Waals surface area contributed by atoms with Crippen molar-refractivity contribution in [3.05, 3.63) is 81.9 Å². The van der Waals surface area contributed by atoms with Crippen LogP contribution in [0, 0.1) is 0 Å². The Kier molecular flexibility index (Phi) is 6.42. The van der Waals surface area contributed by atoms with Crippen LogP contribution in [0.25, 0.3) is 10.8 Å². The van der Waals surface area contributed by atoms with Crippen LogP contribution in [0.1, 0.15) is 62.1 Å². The number of hydrogen-bond acceptors (Lipinski definition) is 10. The van der Waals surface area contributed by atoms with Gasteiger partial charge in [-0.3, -0.25) is 19.2 Å². The molecule has 10 nitrogen and oxygen atoms in total. The van der Waals surface area contributed by atoms with E-state index in [1.807, 2.05) is 0 Å². The minimum Gasteiger partial charge on any atom is -0.478 e. The highest BCUT2D eigenvalue weighted by Crippen LogP contribution is 2.41. The lowest BCUT2D eigenvalue weighted by atomic mass is 9.85. The van der Waals surface area contributed by atoms with Gasteiger partial charge in [0, 0.05) is 52.6 Å². The molecule has 2 aliphatic heterocycles. The molecule has 0 unspecified atom stereocenters. The van der Waals surface area contributed by atoms with Crippen LogP contribution in [-0.4, -0.2) is 45.8 Å². The summed E-state index contributed by atoms with van der Waals surface area (Å²) in [4.78, 5) is 79.5. The van der Waals surface area contributed by atoms with Crippen molar-refractivity contribution >= 4 is 108 Å². The summed E-state index contributed by atoms with van der Waals surface area (Å²) in [5, 5.41) is 19.1. The molecule has 0 saturated carbocycles. The van der Waals surface area contributed by atoms with Gasteiger partial charge in [0.1, 0.15) is 0 Å². The van der Waals surface area contributed by atoms with Crippen molar-refractivity contribution in [1.29, 1.82) is 0 Å². The van der Waals surface area contributed by atoms with Crippen molar-refractivity contribution in [2.75, 3.05) is 9.80 Å². The molecule has 6 rings (SSSR count). The van der Waals surface area contributed by atoms with E-state index >= 15 is 0 Å². The second-order valence-corrected chi connectivity index (χ2v) is 11.2. The van der Waals surface area contributed by atoms with E-state index in [4.69, 9.17) is 0 Å². The van der Waals surface area contributed by atoms with Crippen molar-refractivity contribution in [3.63, 3.8) is 0 Å². The lowest BCUT2D eigenvalue weighted by molar-refractivity contribution is 0.0678. The first kappa shape index (κ1) is 27.9. The van der Waals surface area contributed by atoms with E-state index in [0.717, 1.165) is 9.80 Å². The molecule has 0 aliphatic carbocycles. The van der Waals surface area contributed by atoms with Crippen LogP contribution in [0.15, 0.2) is 68.1 Å². The lowest BCUT2D eigenvalue weighted by Crippen LogP contribution is -2.43. The van der Waals surface area contributed by atoms with E-state index in [9.17, 15) is 39.0 Å². The number of benzene rings is 4. The van der Waals surface area contributed by atoms with Crippen LogP contribution < -0.4 is 9.80 Å². The third-order valence-electron chi connectivity index (χ3n) is 7.00. The third kappa shape index (κ3) is 3.86. The molecule has 4 amide bonds. The maximum Gasteiger partial charge on any atom is 0.337 e. The maximum atomic E-state index is 13.7. The number of nitrogens with zero attached hydrogens (tertiary/aromatic N) is 2. The van der Waals surface area contributed by atoms with E-state index in [1.165, 1.54) is 48.5 Å². The largest absolute Gasteiger partial charge is 0.478 e. The third-order valence-corrected chi connectivity index (χ3v) is 8.41. The standard InChI is InChI=1S/C28H14N2O8S4/c31-23-11-1-2-12-20-14(26(34)30(24(12)32)10-7-17(41)22(28(37)38)18(42)8-10)4-3-13(19(11)20)25(33)29(23)9-5-15(39)21(27(35)36)16(40)6-9/h1-8,39-42H,(H,35,36)(H,37,38). The molecule has 42 heavy (non-hydrogen) atoms. The molecule has 0 bridgehead atoms. The maximum absolute atomic E-state index is 13.7. The van der Waals surface area contributed by atoms with Gasteiger partial charge in [-0.25, -0.2) is 19.4 Å². The molecule has 0 spiro atoms. The van der Waals surface area contributed by atoms with Gasteiger partial charge in [-0.05, 0) is 48.5 Å². The quantitative estimate of drug-likeness (QED) is 0.136. The summed E-state index contributed by atoms with van der Waals surface area (Å²) < 4.78 is 0. The smallest absolute Gasteiger partial charge is 0.337 e. The van der Waals surface area contributed by atoms with Gasteiger partial charge < -0.3 is 10.2 Å². The van der Waals surface area contributed by atoms with Crippen molar-refractivity contribution < 1.29 is 39.0 Å². The molecule has 4 aromatic carbocycles. The monoisotopic (exact) mass is 634 g/mol. The van der Waals surface area contributed by atoms with E-state index < -0.39 is 35.6 Å². The first-order valence-corrected chi connectivity index (χ1v) is 13.6. The number of carboxylic acids is 2. The zero-order valence-corrected chi connectivity index (χ0v) is 24.2. The van der Waals surface area contributed by atoms with Gasteiger partial charge in [0.2, 0.25) is 0 Å². The van der Waals surface area contributed by atoms with Crippen molar-refractivity contribution in [2.45, 2.75) is 19.6 Å². The topological polar surface area (TPSA) is 149 Å². The summed E-state index contributed by atoms with van der Waals surface area (Å²) in [6, 6.07) is 10.5. The minimum absolute atomic E-state index is 0.0111. The Morgan fingerprint density at radius 1 is 0.500 bits per heavy atom. The van der Waals surface area contributed by atoms with Gasteiger partial charge in [-0.2, -0.15) is 0 Å². The molecular weight excluding hydrogens is 621 g/mol. The number of imide groups is 2. The summed E-state index contributed by atoms with van der Waals surface area (Å²) in [7, 11) is 0. The molecule has 4 aromatic rings. The molecule has 2 N–H and O–H groups in total. The normalized spacial score (nSPS) is 14.2. The van der Waals surface area contributed by atoms with Crippen LogP contribution >= 0.6 is 50.5 Å². The fourth-order valence-electron chi connectivity index (χ4n) is 5.23. The number of anilines is 2. The zero-order chi connectivity index (χ0) is 30.4. The van der Waals surface area contributed by atoms with Gasteiger partial charge in [0.05, 0.1) is 22.5 Å². The minimum atomic E-state index is -1.28. The Morgan fingerprint density at radius 2 is 0.738 bits per heavy atom. The summed E-state index contributed by atoms with van der Waals surface area (Å²) in [6.45, 7) is 0. The predicted molar refractivity (Wildman–Crippen MR) is 162 cm³/mol. The second kappa shape index (κ2) is 9.66. The Balaban J connectivity index is 1.50. The number of carbonyl (C=O) groups excluding carboxylic acids is 4. The number of rotatable bonds is 4. The zero-order valence-electron chi connectivity index (χ0n) is 20.6. The summed E-state index contributed by atoms with van der Waals surface area (Å²) in [5.41, 5.74) is -0.137. The predicted octanol–water partition coefficient (Wildman–Crippen LogP) is 4.99. The van der Waals surface area contributed by atoms with E-state index in [1.54, 1.807) is 0 Å². The summed E-state index contributed by atoms with van der Waals surface area (Å²) in [6.07, 6.45) is 0. The Morgan fingerprint density at radius 3 is 0.952 bits per heavy atom. The van der Waals surface area contributed by atoms with E-state index in [2.05, 4.69) is 50.5 Å². The van der Waals surface area contributed by atoms with Crippen LogP contribution in [0.5, 0.6) is 0 Å². The van der Waals surface area contributed by atoms with Gasteiger partial charge in [0.25, 0.3) is 23.6 Å². The average Bonchev–Trinajstić information content (AvgIpc) is 2.89. The number of amides is 4.